The lowest BCUT2D eigenvalue weighted by atomic mass is 10.1. The molecule has 0 saturated carbocycles. The Morgan fingerprint density at radius 1 is 0.786 bits per heavy atom. The van der Waals surface area contributed by atoms with Crippen molar-refractivity contribution in [3.63, 3.8) is 0 Å². The van der Waals surface area contributed by atoms with Crippen LogP contribution in [0.25, 0.3) is 34.0 Å². The molecule has 0 aliphatic carbocycles. The van der Waals surface area contributed by atoms with Gasteiger partial charge in [0, 0.05) is 22.9 Å². The summed E-state index contributed by atoms with van der Waals surface area (Å²) in [6.45, 7) is 0. The van der Waals surface area contributed by atoms with Gasteiger partial charge in [-0.15, -0.1) is 0 Å². The number of aromatic nitrogens is 1. The van der Waals surface area contributed by atoms with Crippen molar-refractivity contribution in [1.82, 2.24) is 4.98 Å². The molecule has 0 spiro atoms. The number of sulfone groups is 1. The summed E-state index contributed by atoms with van der Waals surface area (Å²) >= 11 is 0. The van der Waals surface area contributed by atoms with Gasteiger partial charge in [0.1, 0.15) is 11.5 Å². The summed E-state index contributed by atoms with van der Waals surface area (Å²) in [4.78, 5) is 4.86. The second-order valence-electron chi connectivity index (χ2n) is 6.37. The van der Waals surface area contributed by atoms with Gasteiger partial charge < -0.3 is 4.42 Å². The van der Waals surface area contributed by atoms with E-state index in [2.05, 4.69) is 4.98 Å². The van der Waals surface area contributed by atoms with E-state index in [9.17, 15) is 12.8 Å². The smallest absolute Gasteiger partial charge is 0.227 e. The molecule has 1 aromatic heterocycles. The van der Waals surface area contributed by atoms with Gasteiger partial charge in [-0.05, 0) is 48.5 Å². The molecule has 0 fully saturated rings. The van der Waals surface area contributed by atoms with Crippen molar-refractivity contribution in [3.8, 4) is 34.0 Å². The fraction of sp³-hybridized carbons (Fsp3) is 0.0455. The van der Waals surface area contributed by atoms with Gasteiger partial charge in [-0.25, -0.2) is 17.8 Å². The highest BCUT2D eigenvalue weighted by Crippen LogP contribution is 2.36. The predicted octanol–water partition coefficient (Wildman–Crippen LogP) is 5.22. The molecule has 0 N–H and O–H groups in total. The number of hydrogen-bond donors (Lipinski definition) is 0. The Hall–Kier alpha value is -3.25. The van der Waals surface area contributed by atoms with E-state index in [0.29, 0.717) is 28.5 Å². The molecule has 0 saturated heterocycles. The van der Waals surface area contributed by atoms with E-state index in [1.54, 1.807) is 24.3 Å². The number of nitrogens with zero attached hydrogens (tertiary/aromatic N) is 1. The number of hydrogen-bond acceptors (Lipinski definition) is 4. The Balaban J connectivity index is 1.87. The molecule has 1 heterocycles. The largest absolute Gasteiger partial charge is 0.435 e. The van der Waals surface area contributed by atoms with Crippen molar-refractivity contribution < 1.29 is 17.2 Å². The molecule has 0 aliphatic heterocycles. The minimum Gasteiger partial charge on any atom is -0.435 e. The highest BCUT2D eigenvalue weighted by Gasteiger charge is 2.18. The lowest BCUT2D eigenvalue weighted by Gasteiger charge is -2.03. The Bertz CT molecular complexity index is 1210. The minimum atomic E-state index is -3.29. The van der Waals surface area contributed by atoms with Gasteiger partial charge in [0.05, 0.1) is 4.90 Å². The van der Waals surface area contributed by atoms with Crippen molar-refractivity contribution in [3.05, 3.63) is 84.7 Å². The molecule has 0 bridgehead atoms. The zero-order valence-electron chi connectivity index (χ0n) is 15.0. The summed E-state index contributed by atoms with van der Waals surface area (Å²) in [6, 6.07) is 21.9. The number of benzene rings is 3. The summed E-state index contributed by atoms with van der Waals surface area (Å²) in [5, 5.41) is 0. The first-order valence-electron chi connectivity index (χ1n) is 8.54. The predicted molar refractivity (Wildman–Crippen MR) is 106 cm³/mol. The average Bonchev–Trinajstić information content (AvgIpc) is 3.14. The maximum absolute atomic E-state index is 13.3. The molecule has 0 aliphatic rings. The van der Waals surface area contributed by atoms with E-state index >= 15 is 0 Å². The second kappa shape index (κ2) is 7.05. The van der Waals surface area contributed by atoms with E-state index in [-0.39, 0.29) is 10.7 Å². The third-order valence-corrected chi connectivity index (χ3v) is 5.44. The van der Waals surface area contributed by atoms with Crippen LogP contribution >= 0.6 is 0 Å². The van der Waals surface area contributed by atoms with E-state index in [1.807, 2.05) is 30.3 Å². The summed E-state index contributed by atoms with van der Waals surface area (Å²) in [6.07, 6.45) is 1.16. The van der Waals surface area contributed by atoms with Crippen LogP contribution in [0.4, 0.5) is 4.39 Å². The fourth-order valence-corrected chi connectivity index (χ4v) is 3.51. The van der Waals surface area contributed by atoms with Crippen molar-refractivity contribution in [2.24, 2.45) is 0 Å². The monoisotopic (exact) mass is 393 g/mol. The first-order chi connectivity index (χ1) is 13.4. The molecule has 28 heavy (non-hydrogen) atoms. The topological polar surface area (TPSA) is 60.2 Å². The van der Waals surface area contributed by atoms with Crippen LogP contribution in [0.3, 0.4) is 0 Å². The van der Waals surface area contributed by atoms with Gasteiger partial charge in [0.2, 0.25) is 5.89 Å². The first-order valence-corrected chi connectivity index (χ1v) is 10.4. The molecule has 4 aromatic rings. The van der Waals surface area contributed by atoms with Crippen LogP contribution < -0.4 is 0 Å². The summed E-state index contributed by atoms with van der Waals surface area (Å²) in [5.41, 5.74) is 2.76. The first kappa shape index (κ1) is 18.1. The van der Waals surface area contributed by atoms with Gasteiger partial charge in [-0.3, -0.25) is 0 Å². The molecule has 140 valence electrons. The highest BCUT2D eigenvalue weighted by atomic mass is 32.2. The SMILES string of the molecule is CS(=O)(=O)c1ccc(-c2nc(-c3ccccc3)oc2-c2ccc(F)cc2)cc1. The number of oxazole rings is 1. The van der Waals surface area contributed by atoms with Crippen LogP contribution in [0.2, 0.25) is 0 Å². The summed E-state index contributed by atoms with van der Waals surface area (Å²) in [5.74, 6) is 0.582. The highest BCUT2D eigenvalue weighted by molar-refractivity contribution is 7.90. The molecule has 0 amide bonds. The molecule has 6 heteroatoms. The summed E-state index contributed by atoms with van der Waals surface area (Å²) < 4.78 is 42.8. The Kier molecular flexibility index (Phi) is 4.57. The third kappa shape index (κ3) is 3.59. The Morgan fingerprint density at radius 3 is 2.00 bits per heavy atom. The maximum Gasteiger partial charge on any atom is 0.227 e. The van der Waals surface area contributed by atoms with Gasteiger partial charge in [-0.1, -0.05) is 30.3 Å². The van der Waals surface area contributed by atoms with E-state index in [0.717, 1.165) is 11.8 Å². The van der Waals surface area contributed by atoms with Crippen LogP contribution in [0, 0.1) is 5.82 Å². The zero-order chi connectivity index (χ0) is 19.7. The molecule has 4 nitrogen and oxygen atoms in total. The van der Waals surface area contributed by atoms with Gasteiger partial charge in [0.15, 0.2) is 15.6 Å². The molecule has 0 radical (unpaired) electrons. The van der Waals surface area contributed by atoms with Crippen molar-refractivity contribution in [2.75, 3.05) is 6.26 Å². The van der Waals surface area contributed by atoms with E-state index in [1.165, 1.54) is 24.3 Å². The molecular formula is C22H16FNO3S. The fourth-order valence-electron chi connectivity index (χ4n) is 2.88. The van der Waals surface area contributed by atoms with E-state index < -0.39 is 9.84 Å². The Morgan fingerprint density at radius 2 is 1.39 bits per heavy atom. The van der Waals surface area contributed by atoms with Crippen molar-refractivity contribution >= 4 is 9.84 Å². The van der Waals surface area contributed by atoms with Crippen LogP contribution in [0.5, 0.6) is 0 Å². The second-order valence-corrected chi connectivity index (χ2v) is 8.38. The molecule has 0 atom stereocenters. The van der Waals surface area contributed by atoms with Gasteiger partial charge >= 0.3 is 0 Å². The van der Waals surface area contributed by atoms with E-state index in [4.69, 9.17) is 4.42 Å². The number of halogens is 1. The van der Waals surface area contributed by atoms with Gasteiger partial charge in [0.25, 0.3) is 0 Å². The minimum absolute atomic E-state index is 0.228. The molecule has 0 unspecified atom stereocenters. The lowest BCUT2D eigenvalue weighted by Crippen LogP contribution is -1.96. The van der Waals surface area contributed by atoms with Gasteiger partial charge in [-0.2, -0.15) is 0 Å². The molecular weight excluding hydrogens is 377 g/mol. The standard InChI is InChI=1S/C22H16FNO3S/c1-28(25,26)19-13-9-15(10-14-19)20-21(16-7-11-18(23)12-8-16)27-22(24-20)17-5-3-2-4-6-17/h2-14H,1H3. The molecule has 4 rings (SSSR count). The van der Waals surface area contributed by atoms with Crippen LogP contribution in [-0.2, 0) is 9.84 Å². The van der Waals surface area contributed by atoms with Crippen LogP contribution in [-0.4, -0.2) is 19.7 Å². The number of rotatable bonds is 4. The third-order valence-electron chi connectivity index (χ3n) is 4.31. The summed E-state index contributed by atoms with van der Waals surface area (Å²) in [7, 11) is -3.29. The lowest BCUT2D eigenvalue weighted by molar-refractivity contribution is 0.588. The molecule has 3 aromatic carbocycles. The maximum atomic E-state index is 13.3. The van der Waals surface area contributed by atoms with Crippen molar-refractivity contribution in [2.45, 2.75) is 4.90 Å². The zero-order valence-corrected chi connectivity index (χ0v) is 15.8. The Labute approximate surface area is 162 Å². The van der Waals surface area contributed by atoms with Crippen molar-refractivity contribution in [1.29, 1.82) is 0 Å². The van der Waals surface area contributed by atoms with Crippen LogP contribution in [0.15, 0.2) is 88.2 Å². The quantitative estimate of drug-likeness (QED) is 0.477. The van der Waals surface area contributed by atoms with Crippen LogP contribution in [0.1, 0.15) is 0 Å². The normalized spacial score (nSPS) is 11.5. The average molecular weight is 393 g/mol.